The third-order valence-electron chi connectivity index (χ3n) is 3.86. The molecule has 1 aliphatic rings. The number of aryl methyl sites for hydroxylation is 1. The second kappa shape index (κ2) is 4.17. The average molecular weight is 232 g/mol. The molecule has 0 aromatic heterocycles. The van der Waals surface area contributed by atoms with Gasteiger partial charge in [-0.05, 0) is 41.9 Å². The summed E-state index contributed by atoms with van der Waals surface area (Å²) in [6.45, 7) is 6.38. The summed E-state index contributed by atoms with van der Waals surface area (Å²) < 4.78 is 0. The summed E-state index contributed by atoms with van der Waals surface area (Å²) in [6.07, 6.45) is 2.48. The molecule has 0 amide bonds. The van der Waals surface area contributed by atoms with Crippen molar-refractivity contribution in [3.63, 3.8) is 0 Å². The summed E-state index contributed by atoms with van der Waals surface area (Å²) in [5.74, 6) is -0.211. The number of hydrogen-bond donors (Lipinski definition) is 1. The summed E-state index contributed by atoms with van der Waals surface area (Å²) in [4.78, 5) is 11.4. The van der Waals surface area contributed by atoms with Crippen LogP contribution >= 0.6 is 0 Å². The van der Waals surface area contributed by atoms with E-state index in [1.54, 1.807) is 0 Å². The fraction of sp³-hybridized carbons (Fsp3) is 0.533. The van der Waals surface area contributed by atoms with Gasteiger partial charge in [-0.2, -0.15) is 0 Å². The summed E-state index contributed by atoms with van der Waals surface area (Å²) in [5.41, 5.74) is 2.91. The lowest BCUT2D eigenvalue weighted by atomic mass is 9.87. The zero-order valence-electron chi connectivity index (χ0n) is 10.8. The molecule has 0 saturated heterocycles. The Morgan fingerprint density at radius 2 is 2.06 bits per heavy atom. The van der Waals surface area contributed by atoms with Crippen LogP contribution in [-0.2, 0) is 16.6 Å². The van der Waals surface area contributed by atoms with Crippen LogP contribution in [0.25, 0.3) is 0 Å². The van der Waals surface area contributed by atoms with Gasteiger partial charge < -0.3 is 5.11 Å². The van der Waals surface area contributed by atoms with Gasteiger partial charge in [-0.1, -0.05) is 39.0 Å². The average Bonchev–Trinajstić information content (AvgIpc) is 3.09. The maximum atomic E-state index is 11.4. The van der Waals surface area contributed by atoms with Gasteiger partial charge in [0.25, 0.3) is 0 Å². The zero-order chi connectivity index (χ0) is 12.6. The van der Waals surface area contributed by atoms with Crippen molar-refractivity contribution in [1.29, 1.82) is 0 Å². The van der Waals surface area contributed by atoms with Crippen molar-refractivity contribution in [3.05, 3.63) is 34.9 Å². The van der Waals surface area contributed by atoms with Crippen molar-refractivity contribution in [2.45, 2.75) is 51.4 Å². The Bertz CT molecular complexity index is 442. The predicted molar refractivity (Wildman–Crippen MR) is 68.5 cm³/mol. The van der Waals surface area contributed by atoms with E-state index in [1.807, 2.05) is 0 Å². The van der Waals surface area contributed by atoms with Crippen LogP contribution < -0.4 is 0 Å². The van der Waals surface area contributed by atoms with Gasteiger partial charge in [0.2, 0.25) is 0 Å². The molecule has 0 unspecified atom stereocenters. The molecule has 2 rings (SSSR count). The number of carbonyl (C=O) groups is 1. The molecule has 0 bridgehead atoms. The summed E-state index contributed by atoms with van der Waals surface area (Å²) in [6, 6.07) is 6.35. The Morgan fingerprint density at radius 1 is 1.41 bits per heavy atom. The van der Waals surface area contributed by atoms with Crippen molar-refractivity contribution in [2.75, 3.05) is 0 Å². The van der Waals surface area contributed by atoms with Gasteiger partial charge >= 0.3 is 5.97 Å². The molecular weight excluding hydrogens is 212 g/mol. The predicted octanol–water partition coefficient (Wildman–Crippen LogP) is 3.49. The number of benzene rings is 1. The SMILES string of the molecule is CCc1ccc(C(C)C)cc1C1(C(=O)O)CC1. The highest BCUT2D eigenvalue weighted by molar-refractivity contribution is 5.85. The van der Waals surface area contributed by atoms with Gasteiger partial charge in [-0.25, -0.2) is 0 Å². The van der Waals surface area contributed by atoms with Crippen LogP contribution in [0.5, 0.6) is 0 Å². The molecule has 0 aliphatic heterocycles. The second-order valence-electron chi connectivity index (χ2n) is 5.31. The standard InChI is InChI=1S/C15H20O2/c1-4-11-5-6-12(10(2)3)9-13(11)15(7-8-15)14(16)17/h5-6,9-10H,4,7-8H2,1-3H3,(H,16,17). The van der Waals surface area contributed by atoms with Crippen LogP contribution in [0.1, 0.15) is 56.2 Å². The third kappa shape index (κ3) is 1.97. The van der Waals surface area contributed by atoms with E-state index < -0.39 is 11.4 Å². The van der Waals surface area contributed by atoms with Gasteiger partial charge in [0.1, 0.15) is 0 Å². The summed E-state index contributed by atoms with van der Waals surface area (Å²) in [7, 11) is 0. The van der Waals surface area contributed by atoms with Crippen LogP contribution in [0, 0.1) is 0 Å². The first-order valence-electron chi connectivity index (χ1n) is 6.38. The van der Waals surface area contributed by atoms with Crippen LogP contribution in [-0.4, -0.2) is 11.1 Å². The first-order valence-corrected chi connectivity index (χ1v) is 6.38. The lowest BCUT2D eigenvalue weighted by molar-refractivity contribution is -0.140. The zero-order valence-corrected chi connectivity index (χ0v) is 10.8. The van der Waals surface area contributed by atoms with Gasteiger partial charge in [0.15, 0.2) is 0 Å². The molecule has 2 heteroatoms. The number of hydrogen-bond acceptors (Lipinski definition) is 1. The van der Waals surface area contributed by atoms with E-state index >= 15 is 0 Å². The molecule has 0 spiro atoms. The Balaban J connectivity index is 2.50. The van der Waals surface area contributed by atoms with Gasteiger partial charge in [-0.3, -0.25) is 4.79 Å². The maximum absolute atomic E-state index is 11.4. The summed E-state index contributed by atoms with van der Waals surface area (Å²) >= 11 is 0. The molecule has 1 aliphatic carbocycles. The van der Waals surface area contributed by atoms with Gasteiger partial charge in [-0.15, -0.1) is 0 Å². The smallest absolute Gasteiger partial charge is 0.314 e. The topological polar surface area (TPSA) is 37.3 Å². The first kappa shape index (κ1) is 12.2. The molecule has 1 aromatic carbocycles. The van der Waals surface area contributed by atoms with E-state index in [0.717, 1.165) is 24.8 Å². The maximum Gasteiger partial charge on any atom is 0.314 e. The van der Waals surface area contributed by atoms with Crippen LogP contribution in [0.4, 0.5) is 0 Å². The van der Waals surface area contributed by atoms with Crippen molar-refractivity contribution < 1.29 is 9.90 Å². The minimum absolute atomic E-state index is 0.448. The largest absolute Gasteiger partial charge is 0.481 e. The second-order valence-corrected chi connectivity index (χ2v) is 5.31. The minimum atomic E-state index is -0.659. The molecule has 0 atom stereocenters. The number of carboxylic acid groups (broad SMARTS) is 1. The van der Waals surface area contributed by atoms with Crippen molar-refractivity contribution in [1.82, 2.24) is 0 Å². The molecule has 1 saturated carbocycles. The number of carboxylic acids is 1. The fourth-order valence-corrected chi connectivity index (χ4v) is 2.43. The molecule has 2 nitrogen and oxygen atoms in total. The molecule has 92 valence electrons. The molecule has 0 heterocycles. The highest BCUT2D eigenvalue weighted by Crippen LogP contribution is 2.50. The Kier molecular flexibility index (Phi) is 2.98. The lowest BCUT2D eigenvalue weighted by Crippen LogP contribution is -2.21. The molecule has 1 fully saturated rings. The van der Waals surface area contributed by atoms with E-state index in [-0.39, 0.29) is 0 Å². The highest BCUT2D eigenvalue weighted by atomic mass is 16.4. The quantitative estimate of drug-likeness (QED) is 0.862. The molecule has 1 aromatic rings. The molecule has 17 heavy (non-hydrogen) atoms. The molecule has 0 radical (unpaired) electrons. The van der Waals surface area contributed by atoms with E-state index in [9.17, 15) is 9.90 Å². The summed E-state index contributed by atoms with van der Waals surface area (Å²) in [5, 5.41) is 9.41. The highest BCUT2D eigenvalue weighted by Gasteiger charge is 2.52. The first-order chi connectivity index (χ1) is 8.01. The van der Waals surface area contributed by atoms with E-state index in [1.165, 1.54) is 11.1 Å². The van der Waals surface area contributed by atoms with E-state index in [4.69, 9.17) is 0 Å². The third-order valence-corrected chi connectivity index (χ3v) is 3.86. The van der Waals surface area contributed by atoms with Crippen LogP contribution in [0.2, 0.25) is 0 Å². The minimum Gasteiger partial charge on any atom is -0.481 e. The Morgan fingerprint density at radius 3 is 2.47 bits per heavy atom. The van der Waals surface area contributed by atoms with Crippen molar-refractivity contribution in [2.24, 2.45) is 0 Å². The van der Waals surface area contributed by atoms with Gasteiger partial charge in [0.05, 0.1) is 5.41 Å². The molecular formula is C15H20O2. The number of rotatable bonds is 4. The van der Waals surface area contributed by atoms with Gasteiger partial charge in [0, 0.05) is 0 Å². The fourth-order valence-electron chi connectivity index (χ4n) is 2.43. The molecule has 1 N–H and O–H groups in total. The normalized spacial score (nSPS) is 17.2. The van der Waals surface area contributed by atoms with Crippen LogP contribution in [0.3, 0.4) is 0 Å². The van der Waals surface area contributed by atoms with Crippen LogP contribution in [0.15, 0.2) is 18.2 Å². The monoisotopic (exact) mass is 232 g/mol. The van der Waals surface area contributed by atoms with Crippen molar-refractivity contribution >= 4 is 5.97 Å². The Labute approximate surface area is 103 Å². The number of aliphatic carboxylic acids is 1. The van der Waals surface area contributed by atoms with Crippen molar-refractivity contribution in [3.8, 4) is 0 Å². The Hall–Kier alpha value is -1.31. The van der Waals surface area contributed by atoms with E-state index in [0.29, 0.717) is 5.92 Å². The van der Waals surface area contributed by atoms with E-state index in [2.05, 4.69) is 39.0 Å². The lowest BCUT2D eigenvalue weighted by Gasteiger charge is -2.17.